The minimum atomic E-state index is -0.532. The summed E-state index contributed by atoms with van der Waals surface area (Å²) < 4.78 is 29.2. The van der Waals surface area contributed by atoms with Gasteiger partial charge in [0, 0.05) is 54.2 Å². The van der Waals surface area contributed by atoms with Crippen LogP contribution in [0.4, 0.5) is 4.39 Å². The lowest BCUT2D eigenvalue weighted by atomic mass is 9.73. The number of halogens is 1. The number of aromatic nitrogens is 5. The molecular formula is C29H39FN6O3. The monoisotopic (exact) mass is 538 g/mol. The molecule has 210 valence electrons. The van der Waals surface area contributed by atoms with Gasteiger partial charge in [0.25, 0.3) is 0 Å². The molecule has 3 aromatic rings. The van der Waals surface area contributed by atoms with Crippen LogP contribution in [0, 0.1) is 11.2 Å². The van der Waals surface area contributed by atoms with Gasteiger partial charge in [-0.2, -0.15) is 10.2 Å². The van der Waals surface area contributed by atoms with Gasteiger partial charge in [-0.15, -0.1) is 0 Å². The lowest BCUT2D eigenvalue weighted by molar-refractivity contribution is -0.140. The minimum absolute atomic E-state index is 0.0438. The summed E-state index contributed by atoms with van der Waals surface area (Å²) in [5.74, 6) is -0.341. The van der Waals surface area contributed by atoms with Crippen molar-refractivity contribution < 1.29 is 18.7 Å². The van der Waals surface area contributed by atoms with Crippen molar-refractivity contribution in [3.63, 3.8) is 0 Å². The van der Waals surface area contributed by atoms with Crippen molar-refractivity contribution in [1.82, 2.24) is 29.4 Å². The Morgan fingerprint density at radius 3 is 2.72 bits per heavy atom. The summed E-state index contributed by atoms with van der Waals surface area (Å²) >= 11 is 0. The number of carbonyl (C=O) groups excluding carboxylic acids is 1. The molecule has 1 fully saturated rings. The number of ether oxygens (including phenoxy) is 2. The summed E-state index contributed by atoms with van der Waals surface area (Å²) in [6.45, 7) is 10.6. The number of likely N-dealkylation sites (tertiary alicyclic amines) is 1. The van der Waals surface area contributed by atoms with Crippen molar-refractivity contribution in [2.24, 2.45) is 5.41 Å². The zero-order chi connectivity index (χ0) is 27.7. The van der Waals surface area contributed by atoms with Gasteiger partial charge in [0.15, 0.2) is 5.82 Å². The highest BCUT2D eigenvalue weighted by molar-refractivity contribution is 5.77. The molecule has 2 aliphatic rings. The third-order valence-electron chi connectivity index (χ3n) is 8.25. The highest BCUT2D eigenvalue weighted by atomic mass is 19.1. The predicted octanol–water partition coefficient (Wildman–Crippen LogP) is 4.77. The summed E-state index contributed by atoms with van der Waals surface area (Å²) in [5.41, 5.74) is 4.30. The summed E-state index contributed by atoms with van der Waals surface area (Å²) in [6, 6.07) is 1.72. The van der Waals surface area contributed by atoms with Crippen LogP contribution in [0.25, 0.3) is 16.9 Å². The van der Waals surface area contributed by atoms with Crippen LogP contribution in [0.3, 0.4) is 0 Å². The number of piperidine rings is 1. The number of hydrogen-bond donors (Lipinski definition) is 0. The van der Waals surface area contributed by atoms with Crippen LogP contribution in [0.1, 0.15) is 70.7 Å². The van der Waals surface area contributed by atoms with E-state index in [0.717, 1.165) is 48.3 Å². The lowest BCUT2D eigenvalue weighted by Gasteiger charge is -2.46. The Kier molecular flexibility index (Phi) is 7.75. The lowest BCUT2D eigenvalue weighted by Crippen LogP contribution is -2.51. The normalized spacial score (nSPS) is 20.7. The third kappa shape index (κ3) is 5.18. The molecule has 39 heavy (non-hydrogen) atoms. The first kappa shape index (κ1) is 27.3. The predicted molar refractivity (Wildman–Crippen MR) is 145 cm³/mol. The number of pyridine rings is 1. The molecule has 0 aromatic carbocycles. The Morgan fingerprint density at radius 2 is 2.00 bits per heavy atom. The van der Waals surface area contributed by atoms with Crippen molar-refractivity contribution in [2.75, 3.05) is 26.9 Å². The number of methoxy groups -OCH3 is 1. The first-order valence-corrected chi connectivity index (χ1v) is 14.0. The topological polar surface area (TPSA) is 87.3 Å². The molecule has 0 N–H and O–H groups in total. The van der Waals surface area contributed by atoms with Gasteiger partial charge in [-0.05, 0) is 33.1 Å². The van der Waals surface area contributed by atoms with E-state index in [4.69, 9.17) is 19.7 Å². The molecule has 0 spiro atoms. The molecule has 5 heterocycles. The average Bonchev–Trinajstić information content (AvgIpc) is 3.46. The molecule has 9 nitrogen and oxygen atoms in total. The summed E-state index contributed by atoms with van der Waals surface area (Å²) in [7, 11) is 1.40. The number of hydrogen-bond acceptors (Lipinski definition) is 6. The third-order valence-corrected chi connectivity index (χ3v) is 8.25. The van der Waals surface area contributed by atoms with Crippen LogP contribution in [-0.2, 0) is 22.4 Å². The summed E-state index contributed by atoms with van der Waals surface area (Å²) in [4.78, 5) is 18.8. The van der Waals surface area contributed by atoms with E-state index >= 15 is 0 Å². The van der Waals surface area contributed by atoms with Gasteiger partial charge in [0.2, 0.25) is 11.8 Å². The van der Waals surface area contributed by atoms with Gasteiger partial charge < -0.3 is 14.4 Å². The SMILES string of the molecule is CCCC(n1cc(-c2nn(-c3cnc(OC)c(F)c3)c3c2CCOCC3)cn1)C1(C)CCC(=O)N(C(C)C)C1. The molecule has 0 aliphatic carbocycles. The van der Waals surface area contributed by atoms with Crippen LogP contribution in [0.5, 0.6) is 5.88 Å². The molecule has 3 aromatic heterocycles. The smallest absolute Gasteiger partial charge is 0.250 e. The number of carbonyl (C=O) groups is 1. The van der Waals surface area contributed by atoms with Gasteiger partial charge in [-0.1, -0.05) is 20.3 Å². The van der Waals surface area contributed by atoms with Crippen LogP contribution < -0.4 is 4.74 Å². The van der Waals surface area contributed by atoms with Gasteiger partial charge in [0.05, 0.1) is 55.8 Å². The molecule has 1 amide bonds. The second-order valence-corrected chi connectivity index (χ2v) is 11.3. The highest BCUT2D eigenvalue weighted by Crippen LogP contribution is 2.43. The molecule has 10 heteroatoms. The zero-order valence-corrected chi connectivity index (χ0v) is 23.6. The van der Waals surface area contributed by atoms with Gasteiger partial charge in [-0.3, -0.25) is 9.48 Å². The van der Waals surface area contributed by atoms with Gasteiger partial charge >= 0.3 is 0 Å². The second kappa shape index (κ2) is 11.1. The Hall–Kier alpha value is -3.27. The van der Waals surface area contributed by atoms with E-state index < -0.39 is 5.82 Å². The Morgan fingerprint density at radius 1 is 1.21 bits per heavy atom. The van der Waals surface area contributed by atoms with Crippen molar-refractivity contribution in [3.8, 4) is 22.8 Å². The number of fused-ring (bicyclic) bond motifs is 1. The van der Waals surface area contributed by atoms with Crippen LogP contribution in [-0.4, -0.2) is 68.3 Å². The second-order valence-electron chi connectivity index (χ2n) is 11.3. The van der Waals surface area contributed by atoms with E-state index in [9.17, 15) is 9.18 Å². The first-order valence-electron chi connectivity index (χ1n) is 14.0. The van der Waals surface area contributed by atoms with E-state index in [1.807, 2.05) is 11.1 Å². The van der Waals surface area contributed by atoms with Crippen molar-refractivity contribution >= 4 is 5.91 Å². The first-order chi connectivity index (χ1) is 18.8. The summed E-state index contributed by atoms with van der Waals surface area (Å²) in [6.07, 6.45) is 10.3. The Bertz CT molecular complexity index is 1330. The number of amides is 1. The van der Waals surface area contributed by atoms with E-state index in [0.29, 0.717) is 38.2 Å². The highest BCUT2D eigenvalue weighted by Gasteiger charge is 2.42. The van der Waals surface area contributed by atoms with E-state index in [-0.39, 0.29) is 29.3 Å². The van der Waals surface area contributed by atoms with Crippen molar-refractivity contribution in [2.45, 2.75) is 78.3 Å². The molecule has 0 saturated carbocycles. The van der Waals surface area contributed by atoms with Gasteiger partial charge in [0.1, 0.15) is 0 Å². The largest absolute Gasteiger partial charge is 0.479 e. The Balaban J connectivity index is 1.53. The maximum Gasteiger partial charge on any atom is 0.250 e. The summed E-state index contributed by atoms with van der Waals surface area (Å²) in [5, 5.41) is 9.83. The quantitative estimate of drug-likeness (QED) is 0.411. The van der Waals surface area contributed by atoms with E-state index in [1.165, 1.54) is 13.2 Å². The fraction of sp³-hybridized carbons (Fsp3) is 0.586. The minimum Gasteiger partial charge on any atom is -0.479 e. The fourth-order valence-electron chi connectivity index (χ4n) is 6.12. The van der Waals surface area contributed by atoms with Crippen molar-refractivity contribution in [1.29, 1.82) is 0 Å². The standard InChI is InChI=1S/C29H39FN6O3/c1-6-7-25(29(4)11-8-26(37)34(18-29)19(2)3)35-17-20(15-32-35)27-22-9-12-39-13-10-24(22)36(33-27)21-14-23(30)28(38-5)31-16-21/h14-17,19,25H,6-13,18H2,1-5H3. The molecular weight excluding hydrogens is 499 g/mol. The molecule has 2 aliphatic heterocycles. The van der Waals surface area contributed by atoms with Crippen molar-refractivity contribution in [3.05, 3.63) is 41.7 Å². The maximum absolute atomic E-state index is 14.6. The van der Waals surface area contributed by atoms with Gasteiger partial charge in [-0.25, -0.2) is 14.1 Å². The molecule has 0 bridgehead atoms. The molecule has 2 atom stereocenters. The van der Waals surface area contributed by atoms with E-state index in [1.54, 1.807) is 10.9 Å². The zero-order valence-electron chi connectivity index (χ0n) is 23.6. The Labute approximate surface area is 229 Å². The van der Waals surface area contributed by atoms with Crippen LogP contribution in [0.2, 0.25) is 0 Å². The van der Waals surface area contributed by atoms with Crippen LogP contribution in [0.15, 0.2) is 24.7 Å². The molecule has 1 saturated heterocycles. The average molecular weight is 539 g/mol. The fourth-order valence-corrected chi connectivity index (χ4v) is 6.12. The molecule has 0 radical (unpaired) electrons. The maximum atomic E-state index is 14.6. The molecule has 2 unspecified atom stereocenters. The number of nitrogens with zero attached hydrogens (tertiary/aromatic N) is 6. The number of rotatable bonds is 8. The van der Waals surface area contributed by atoms with Crippen LogP contribution >= 0.6 is 0 Å². The molecule has 5 rings (SSSR count). The van der Waals surface area contributed by atoms with E-state index in [2.05, 4.69) is 43.6 Å².